The topological polar surface area (TPSA) is 118 Å². The number of carbonyl (C=O) groups is 3. The minimum atomic E-state index is -1.12. The van der Waals surface area contributed by atoms with Crippen LogP contribution in [0.5, 0.6) is 0 Å². The van der Waals surface area contributed by atoms with Gasteiger partial charge in [-0.15, -0.1) is 11.3 Å². The number of alkyl carbamates (subject to hydrolysis) is 1. The van der Waals surface area contributed by atoms with Gasteiger partial charge in [-0.25, -0.2) is 9.78 Å². The Balaban J connectivity index is 1.26. The van der Waals surface area contributed by atoms with Gasteiger partial charge < -0.3 is 20.5 Å². The molecule has 0 aliphatic heterocycles. The van der Waals surface area contributed by atoms with Crippen LogP contribution in [-0.4, -0.2) is 47.3 Å². The molecule has 9 heteroatoms. The number of rotatable bonds is 8. The van der Waals surface area contributed by atoms with E-state index in [-0.39, 0.29) is 18.2 Å². The second-order valence-corrected chi connectivity index (χ2v) is 8.60. The molecular formula is C24H23N3O5S. The second kappa shape index (κ2) is 9.83. The summed E-state index contributed by atoms with van der Waals surface area (Å²) in [6.45, 7) is 1.92. The largest absolute Gasteiger partial charge is 0.480 e. The lowest BCUT2D eigenvalue weighted by atomic mass is 9.98. The molecule has 0 saturated heterocycles. The van der Waals surface area contributed by atoms with Gasteiger partial charge in [0.25, 0.3) is 5.91 Å². The monoisotopic (exact) mass is 465 g/mol. The standard InChI is InChI=1S/C24H23N3O5S/c1-14(23(29)30)26-22(28)20-13-33-21(27-20)10-11-25-24(31)32-12-19-17-8-4-2-6-15(17)16-7-3-5-9-18(16)19/h2-9,13-14,19H,10-12H2,1H3,(H,25,31)(H,26,28)(H,29,30)/t14-/m0/s1. The third-order valence-electron chi connectivity index (χ3n) is 5.45. The van der Waals surface area contributed by atoms with Crippen LogP contribution in [0.4, 0.5) is 4.79 Å². The number of aromatic nitrogens is 1. The van der Waals surface area contributed by atoms with Crippen LogP contribution in [0.25, 0.3) is 11.1 Å². The van der Waals surface area contributed by atoms with Crippen molar-refractivity contribution in [1.29, 1.82) is 0 Å². The third-order valence-corrected chi connectivity index (χ3v) is 6.36. The third kappa shape index (κ3) is 5.04. The molecule has 0 spiro atoms. The lowest BCUT2D eigenvalue weighted by molar-refractivity contribution is -0.138. The lowest BCUT2D eigenvalue weighted by Gasteiger charge is -2.14. The first-order chi connectivity index (χ1) is 15.9. The molecular weight excluding hydrogens is 442 g/mol. The van der Waals surface area contributed by atoms with Crippen molar-refractivity contribution < 1.29 is 24.2 Å². The molecule has 1 aliphatic carbocycles. The first-order valence-corrected chi connectivity index (χ1v) is 11.4. The number of carboxylic acid groups (broad SMARTS) is 1. The van der Waals surface area contributed by atoms with Crippen LogP contribution >= 0.6 is 11.3 Å². The molecule has 33 heavy (non-hydrogen) atoms. The predicted molar refractivity (Wildman–Crippen MR) is 123 cm³/mol. The van der Waals surface area contributed by atoms with Crippen LogP contribution in [0.3, 0.4) is 0 Å². The summed E-state index contributed by atoms with van der Waals surface area (Å²) in [7, 11) is 0. The van der Waals surface area contributed by atoms with Crippen LogP contribution in [0, 0.1) is 0 Å². The second-order valence-electron chi connectivity index (χ2n) is 7.66. The summed E-state index contributed by atoms with van der Waals surface area (Å²) in [5.41, 5.74) is 4.80. The molecule has 1 aliphatic rings. The van der Waals surface area contributed by atoms with Gasteiger partial charge in [0.05, 0.1) is 5.01 Å². The van der Waals surface area contributed by atoms with Crippen LogP contribution < -0.4 is 10.6 Å². The predicted octanol–water partition coefficient (Wildman–Crippen LogP) is 3.43. The minimum Gasteiger partial charge on any atom is -0.480 e. The fraction of sp³-hybridized carbons (Fsp3) is 0.250. The van der Waals surface area contributed by atoms with E-state index in [1.54, 1.807) is 5.38 Å². The van der Waals surface area contributed by atoms with E-state index in [0.29, 0.717) is 18.0 Å². The van der Waals surface area contributed by atoms with Crippen molar-refractivity contribution in [3.63, 3.8) is 0 Å². The van der Waals surface area contributed by atoms with Gasteiger partial charge in [0, 0.05) is 24.3 Å². The molecule has 0 saturated carbocycles. The number of ether oxygens (including phenoxy) is 1. The maximum absolute atomic E-state index is 12.2. The van der Waals surface area contributed by atoms with Crippen LogP contribution in [-0.2, 0) is 16.0 Å². The average Bonchev–Trinajstić information content (AvgIpc) is 3.41. The van der Waals surface area contributed by atoms with Gasteiger partial charge in [0.15, 0.2) is 0 Å². The highest BCUT2D eigenvalue weighted by atomic mass is 32.1. The fourth-order valence-corrected chi connectivity index (χ4v) is 4.56. The number of nitrogens with one attached hydrogen (secondary N) is 2. The number of carboxylic acids is 1. The molecule has 0 bridgehead atoms. The Hall–Kier alpha value is -3.72. The zero-order valence-electron chi connectivity index (χ0n) is 17.9. The van der Waals surface area contributed by atoms with E-state index in [2.05, 4.69) is 39.9 Å². The van der Waals surface area contributed by atoms with Gasteiger partial charge in [-0.2, -0.15) is 0 Å². The van der Waals surface area contributed by atoms with E-state index >= 15 is 0 Å². The molecule has 8 nitrogen and oxygen atoms in total. The van der Waals surface area contributed by atoms with E-state index < -0.39 is 24.0 Å². The Labute approximate surface area is 194 Å². The van der Waals surface area contributed by atoms with Crippen molar-refractivity contribution in [2.24, 2.45) is 0 Å². The van der Waals surface area contributed by atoms with E-state index in [0.717, 1.165) is 11.1 Å². The molecule has 1 atom stereocenters. The summed E-state index contributed by atoms with van der Waals surface area (Å²) < 4.78 is 5.50. The smallest absolute Gasteiger partial charge is 0.407 e. The SMILES string of the molecule is C[C@H](NC(=O)c1csc(CCNC(=O)OCC2c3ccccc3-c3ccccc32)n1)C(=O)O. The van der Waals surface area contributed by atoms with E-state index in [1.165, 1.54) is 29.4 Å². The molecule has 170 valence electrons. The summed E-state index contributed by atoms with van der Waals surface area (Å²) >= 11 is 1.27. The van der Waals surface area contributed by atoms with Gasteiger partial charge in [-0.05, 0) is 29.2 Å². The van der Waals surface area contributed by atoms with Crippen molar-refractivity contribution in [3.05, 3.63) is 75.7 Å². The number of hydrogen-bond donors (Lipinski definition) is 3. The van der Waals surface area contributed by atoms with Crippen LogP contribution in [0.1, 0.15) is 39.5 Å². The zero-order valence-corrected chi connectivity index (χ0v) is 18.7. The van der Waals surface area contributed by atoms with Crippen molar-refractivity contribution in [3.8, 4) is 11.1 Å². The summed E-state index contributed by atoms with van der Waals surface area (Å²) in [5.74, 6) is -1.67. The number of benzene rings is 2. The molecule has 4 rings (SSSR count). The van der Waals surface area contributed by atoms with E-state index in [1.807, 2.05) is 24.3 Å². The van der Waals surface area contributed by atoms with Gasteiger partial charge in [0.2, 0.25) is 0 Å². The zero-order chi connectivity index (χ0) is 23.4. The van der Waals surface area contributed by atoms with Gasteiger partial charge in [-0.1, -0.05) is 48.5 Å². The summed E-state index contributed by atoms with van der Waals surface area (Å²) in [6, 6.07) is 15.3. The number of fused-ring (bicyclic) bond motifs is 3. The molecule has 0 radical (unpaired) electrons. The van der Waals surface area contributed by atoms with Gasteiger partial charge in [0.1, 0.15) is 18.3 Å². The van der Waals surface area contributed by atoms with Gasteiger partial charge >= 0.3 is 12.1 Å². The first-order valence-electron chi connectivity index (χ1n) is 10.5. The highest BCUT2D eigenvalue weighted by Crippen LogP contribution is 2.44. The molecule has 2 aromatic carbocycles. The van der Waals surface area contributed by atoms with Crippen molar-refractivity contribution >= 4 is 29.3 Å². The summed E-state index contributed by atoms with van der Waals surface area (Å²) in [6.07, 6.45) is -0.0851. The summed E-state index contributed by atoms with van der Waals surface area (Å²) in [4.78, 5) is 39.3. The molecule has 1 heterocycles. The van der Waals surface area contributed by atoms with Crippen LogP contribution in [0.15, 0.2) is 53.9 Å². The fourth-order valence-electron chi connectivity index (χ4n) is 3.78. The number of amides is 2. The molecule has 0 fully saturated rings. The number of carbonyl (C=O) groups excluding carboxylic acids is 2. The number of hydrogen-bond acceptors (Lipinski definition) is 6. The van der Waals surface area contributed by atoms with Gasteiger partial charge in [-0.3, -0.25) is 9.59 Å². The first kappa shape index (κ1) is 22.5. The van der Waals surface area contributed by atoms with E-state index in [4.69, 9.17) is 9.84 Å². The average molecular weight is 466 g/mol. The quantitative estimate of drug-likeness (QED) is 0.469. The molecule has 1 aromatic heterocycles. The molecule has 3 aromatic rings. The van der Waals surface area contributed by atoms with Crippen molar-refractivity contribution in [2.45, 2.75) is 25.3 Å². The lowest BCUT2D eigenvalue weighted by Crippen LogP contribution is -2.38. The molecule has 3 N–H and O–H groups in total. The highest BCUT2D eigenvalue weighted by Gasteiger charge is 2.29. The van der Waals surface area contributed by atoms with Crippen LogP contribution in [0.2, 0.25) is 0 Å². The maximum atomic E-state index is 12.2. The Morgan fingerprint density at radius 1 is 1.09 bits per heavy atom. The number of aliphatic carboxylic acids is 1. The molecule has 0 unspecified atom stereocenters. The van der Waals surface area contributed by atoms with Crippen molar-refractivity contribution in [2.75, 3.05) is 13.2 Å². The Morgan fingerprint density at radius 3 is 2.36 bits per heavy atom. The Morgan fingerprint density at radius 2 is 1.73 bits per heavy atom. The van der Waals surface area contributed by atoms with Crippen molar-refractivity contribution in [1.82, 2.24) is 15.6 Å². The summed E-state index contributed by atoms with van der Waals surface area (Å²) in [5, 5.41) is 16.2. The Kier molecular flexibility index (Phi) is 6.69. The Bertz CT molecular complexity index is 1150. The number of nitrogens with zero attached hydrogens (tertiary/aromatic N) is 1. The highest BCUT2D eigenvalue weighted by molar-refractivity contribution is 7.09. The van der Waals surface area contributed by atoms with E-state index in [9.17, 15) is 14.4 Å². The maximum Gasteiger partial charge on any atom is 0.407 e. The normalized spacial score (nSPS) is 13.0. The molecule has 2 amide bonds. The number of thiazole rings is 1. The minimum absolute atomic E-state index is 0.00335.